The third kappa shape index (κ3) is 2.54. The van der Waals surface area contributed by atoms with Gasteiger partial charge in [0, 0.05) is 4.58 Å². The number of rotatable bonds is 3. The molecular weight excluding hydrogens is 134 g/mol. The molecule has 46 valence electrons. The van der Waals surface area contributed by atoms with Gasteiger partial charge < -0.3 is 10.2 Å². The zero-order chi connectivity index (χ0) is 6.57. The van der Waals surface area contributed by atoms with Gasteiger partial charge in [0.15, 0.2) is 0 Å². The summed E-state index contributed by atoms with van der Waals surface area (Å²) in [5.74, 6) is -1.46. The second-order valence-corrected chi connectivity index (χ2v) is 1.68. The summed E-state index contributed by atoms with van der Waals surface area (Å²) in [6, 6.07) is 0. The molecule has 5 nitrogen and oxygen atoms in total. The summed E-state index contributed by atoms with van der Waals surface area (Å²) in [4.78, 5) is 18.8. The molecule has 0 radical (unpaired) electrons. The first kappa shape index (κ1) is 7.38. The maximum Gasteiger partial charge on any atom is 0.345 e. The van der Waals surface area contributed by atoms with E-state index in [-0.39, 0.29) is 11.9 Å². The molecule has 0 amide bonds. The predicted molar refractivity (Wildman–Crippen MR) is 27.0 cm³/mol. The van der Waals surface area contributed by atoms with Crippen LogP contribution in [0.15, 0.2) is 4.58 Å². The lowest BCUT2D eigenvalue weighted by atomic mass is 10.7. The number of hydrogen-bond acceptors (Lipinski definition) is 5. The Morgan fingerprint density at radius 3 is 2.38 bits per heavy atom. The number of carboxylic acid groups (broad SMARTS) is 1. The van der Waals surface area contributed by atoms with Gasteiger partial charge in [0.2, 0.25) is 5.44 Å². The minimum atomic E-state index is -1.73. The molecule has 0 aliphatic rings. The molecule has 0 heterocycles. The topological polar surface area (TPSA) is 87.0 Å². The van der Waals surface area contributed by atoms with Crippen LogP contribution in [0, 0.1) is 4.91 Å². The molecule has 0 aliphatic carbocycles. The number of aliphatic carboxylic acids is 1. The summed E-state index contributed by atoms with van der Waals surface area (Å²) < 4.78 is 2.09. The van der Waals surface area contributed by atoms with E-state index in [0.29, 0.717) is 0 Å². The number of hydrogen-bond donors (Lipinski definition) is 2. The fourth-order valence-electron chi connectivity index (χ4n) is 0.0858. The van der Waals surface area contributed by atoms with E-state index in [0.717, 1.165) is 0 Å². The molecule has 0 rings (SSSR count). The van der Waals surface area contributed by atoms with Crippen molar-refractivity contribution in [1.29, 1.82) is 0 Å². The van der Waals surface area contributed by atoms with Gasteiger partial charge >= 0.3 is 5.97 Å². The van der Waals surface area contributed by atoms with Gasteiger partial charge in [-0.3, -0.25) is 0 Å². The van der Waals surface area contributed by atoms with E-state index in [4.69, 9.17) is 10.2 Å². The average molecular weight is 137 g/mol. The lowest BCUT2D eigenvalue weighted by Crippen LogP contribution is -2.13. The van der Waals surface area contributed by atoms with Crippen LogP contribution in [0.3, 0.4) is 0 Å². The molecular formula is C2H3NO4S. The van der Waals surface area contributed by atoms with Gasteiger partial charge in [-0.1, -0.05) is 0 Å². The summed E-state index contributed by atoms with van der Waals surface area (Å²) in [6.07, 6.45) is 0. The molecule has 0 fully saturated rings. The molecule has 1 unspecified atom stereocenters. The van der Waals surface area contributed by atoms with Crippen molar-refractivity contribution in [2.24, 2.45) is 4.58 Å². The zero-order valence-electron chi connectivity index (χ0n) is 3.64. The fourth-order valence-corrected chi connectivity index (χ4v) is 0.258. The van der Waals surface area contributed by atoms with E-state index < -0.39 is 11.4 Å². The van der Waals surface area contributed by atoms with Crippen molar-refractivity contribution >= 4 is 17.9 Å². The Kier molecular flexibility index (Phi) is 3.13. The summed E-state index contributed by atoms with van der Waals surface area (Å²) in [5, 5.41) is 16.0. The lowest BCUT2D eigenvalue weighted by Gasteiger charge is -1.92. The Balaban J connectivity index is 3.46. The van der Waals surface area contributed by atoms with Crippen LogP contribution < -0.4 is 0 Å². The summed E-state index contributed by atoms with van der Waals surface area (Å²) >= 11 is 0.0648. The van der Waals surface area contributed by atoms with Crippen molar-refractivity contribution in [3.8, 4) is 0 Å². The SMILES string of the molecule is O=NSC(O)C(=O)O. The molecule has 8 heavy (non-hydrogen) atoms. The molecule has 0 saturated heterocycles. The molecule has 0 aromatic heterocycles. The second-order valence-electron chi connectivity index (χ2n) is 0.871. The molecule has 0 saturated carbocycles. The first-order valence-electron chi connectivity index (χ1n) is 1.58. The maximum atomic E-state index is 9.62. The average Bonchev–Trinajstić information content (AvgIpc) is 1.67. The Bertz CT molecular complexity index is 104. The van der Waals surface area contributed by atoms with Crippen molar-refractivity contribution in [1.82, 2.24) is 0 Å². The van der Waals surface area contributed by atoms with Gasteiger partial charge in [-0.05, 0) is 0 Å². The lowest BCUT2D eigenvalue weighted by molar-refractivity contribution is -0.141. The Hall–Kier alpha value is -0.620. The highest BCUT2D eigenvalue weighted by atomic mass is 32.2. The Labute approximate surface area is 48.8 Å². The van der Waals surface area contributed by atoms with Gasteiger partial charge in [-0.25, -0.2) is 4.79 Å². The van der Waals surface area contributed by atoms with E-state index in [9.17, 15) is 9.70 Å². The molecule has 0 bridgehead atoms. The van der Waals surface area contributed by atoms with Crippen LogP contribution in [0.2, 0.25) is 0 Å². The smallest absolute Gasteiger partial charge is 0.345 e. The summed E-state index contributed by atoms with van der Waals surface area (Å²) in [6.45, 7) is 0. The van der Waals surface area contributed by atoms with Crippen molar-refractivity contribution in [3.63, 3.8) is 0 Å². The second kappa shape index (κ2) is 3.39. The molecule has 6 heteroatoms. The number of carboxylic acids is 1. The fraction of sp³-hybridized carbons (Fsp3) is 0.500. The van der Waals surface area contributed by atoms with Crippen LogP contribution >= 0.6 is 11.9 Å². The molecule has 1 atom stereocenters. The number of nitroso groups, excluding NO2 is 1. The van der Waals surface area contributed by atoms with Crippen molar-refractivity contribution < 1.29 is 15.0 Å². The zero-order valence-corrected chi connectivity index (χ0v) is 4.46. The summed E-state index contributed by atoms with van der Waals surface area (Å²) in [7, 11) is 0. The normalized spacial score (nSPS) is 12.6. The van der Waals surface area contributed by atoms with Crippen LogP contribution in [-0.2, 0) is 4.79 Å². The van der Waals surface area contributed by atoms with Crippen molar-refractivity contribution in [2.45, 2.75) is 5.44 Å². The Morgan fingerprint density at radius 1 is 1.75 bits per heavy atom. The number of nitrogens with zero attached hydrogens (tertiary/aromatic N) is 1. The molecule has 0 aromatic rings. The van der Waals surface area contributed by atoms with Crippen LogP contribution in [0.4, 0.5) is 0 Å². The first-order valence-corrected chi connectivity index (χ1v) is 2.41. The van der Waals surface area contributed by atoms with E-state index in [1.165, 1.54) is 0 Å². The largest absolute Gasteiger partial charge is 0.479 e. The highest BCUT2D eigenvalue weighted by Gasteiger charge is 2.13. The van der Waals surface area contributed by atoms with E-state index in [2.05, 4.69) is 4.58 Å². The molecule has 0 aliphatic heterocycles. The van der Waals surface area contributed by atoms with Crippen LogP contribution in [-0.4, -0.2) is 21.6 Å². The van der Waals surface area contributed by atoms with Crippen LogP contribution in [0.25, 0.3) is 0 Å². The minimum absolute atomic E-state index is 0.0648. The standard InChI is InChI=1S/C2H3NO4S/c4-1(5)2(6)8-3-7/h2,6H,(H,4,5). The van der Waals surface area contributed by atoms with Crippen LogP contribution in [0.5, 0.6) is 0 Å². The molecule has 0 spiro atoms. The van der Waals surface area contributed by atoms with Gasteiger partial charge in [0.25, 0.3) is 0 Å². The van der Waals surface area contributed by atoms with Gasteiger partial charge in [-0.15, -0.1) is 4.91 Å². The van der Waals surface area contributed by atoms with Gasteiger partial charge in [-0.2, -0.15) is 0 Å². The number of aliphatic hydroxyl groups excluding tert-OH is 1. The monoisotopic (exact) mass is 137 g/mol. The maximum absolute atomic E-state index is 9.62. The van der Waals surface area contributed by atoms with Gasteiger partial charge in [0.05, 0.1) is 11.9 Å². The highest BCUT2D eigenvalue weighted by molar-refractivity contribution is 7.99. The highest BCUT2D eigenvalue weighted by Crippen LogP contribution is 2.06. The summed E-state index contributed by atoms with van der Waals surface area (Å²) in [5.41, 5.74) is -1.73. The third-order valence-corrected chi connectivity index (χ3v) is 0.842. The van der Waals surface area contributed by atoms with Crippen molar-refractivity contribution in [2.75, 3.05) is 0 Å². The molecule has 2 N–H and O–H groups in total. The quantitative estimate of drug-likeness (QED) is 0.319. The van der Waals surface area contributed by atoms with E-state index >= 15 is 0 Å². The van der Waals surface area contributed by atoms with E-state index in [1.54, 1.807) is 0 Å². The Morgan fingerprint density at radius 2 is 2.25 bits per heavy atom. The minimum Gasteiger partial charge on any atom is -0.479 e. The third-order valence-electron chi connectivity index (χ3n) is 0.354. The first-order chi connectivity index (χ1) is 3.68. The van der Waals surface area contributed by atoms with Crippen molar-refractivity contribution in [3.05, 3.63) is 4.91 Å². The predicted octanol–water partition coefficient (Wildman–Crippen LogP) is -0.196. The van der Waals surface area contributed by atoms with Crippen LogP contribution in [0.1, 0.15) is 0 Å². The molecule has 0 aromatic carbocycles. The van der Waals surface area contributed by atoms with Gasteiger partial charge in [0.1, 0.15) is 0 Å². The van der Waals surface area contributed by atoms with E-state index in [1.807, 2.05) is 0 Å². The number of aliphatic hydroxyl groups is 1. The number of carbonyl (C=O) groups is 1.